The second kappa shape index (κ2) is 11.4. The van der Waals surface area contributed by atoms with Gasteiger partial charge < -0.3 is 19.5 Å². The predicted octanol–water partition coefficient (Wildman–Crippen LogP) is 5.19. The molecule has 0 spiro atoms. The molecular formula is C24H27ClN2O3. The van der Waals surface area contributed by atoms with Gasteiger partial charge in [-0.2, -0.15) is 0 Å². The van der Waals surface area contributed by atoms with Gasteiger partial charge in [0.25, 0.3) is 0 Å². The molecule has 0 saturated heterocycles. The summed E-state index contributed by atoms with van der Waals surface area (Å²) in [5, 5.41) is 4.03. The second-order valence-corrected chi connectivity index (χ2v) is 7.32. The van der Waals surface area contributed by atoms with Gasteiger partial charge in [-0.15, -0.1) is 0 Å². The summed E-state index contributed by atoms with van der Waals surface area (Å²) in [6.45, 7) is 4.57. The topological polar surface area (TPSA) is 52.6 Å². The fourth-order valence-electron chi connectivity index (χ4n) is 2.86. The highest BCUT2D eigenvalue weighted by Gasteiger charge is 2.11. The summed E-state index contributed by atoms with van der Waals surface area (Å²) in [5.41, 5.74) is 3.28. The molecule has 0 aliphatic rings. The molecular weight excluding hydrogens is 400 g/mol. The number of benzene rings is 2. The Morgan fingerprint density at radius 2 is 1.83 bits per heavy atom. The normalized spacial score (nSPS) is 10.6. The molecule has 5 nitrogen and oxygen atoms in total. The SMILES string of the molecule is COc1cc(CNCCCOc2ccccn2)c(Cl)cc1OCc1ccc(C)cc1. The zero-order valence-electron chi connectivity index (χ0n) is 17.4. The summed E-state index contributed by atoms with van der Waals surface area (Å²) in [7, 11) is 1.63. The fourth-order valence-corrected chi connectivity index (χ4v) is 3.08. The van der Waals surface area contributed by atoms with E-state index in [0.717, 1.165) is 24.1 Å². The average molecular weight is 427 g/mol. The van der Waals surface area contributed by atoms with Crippen molar-refractivity contribution in [2.24, 2.45) is 0 Å². The van der Waals surface area contributed by atoms with Crippen LogP contribution in [-0.2, 0) is 13.2 Å². The van der Waals surface area contributed by atoms with Gasteiger partial charge in [-0.1, -0.05) is 47.5 Å². The molecule has 0 fully saturated rings. The van der Waals surface area contributed by atoms with Crippen LogP contribution in [0.4, 0.5) is 0 Å². The first-order valence-corrected chi connectivity index (χ1v) is 10.3. The van der Waals surface area contributed by atoms with Crippen LogP contribution in [0.1, 0.15) is 23.1 Å². The van der Waals surface area contributed by atoms with Crippen LogP contribution in [0.25, 0.3) is 0 Å². The molecule has 0 aliphatic heterocycles. The van der Waals surface area contributed by atoms with E-state index in [1.807, 2.05) is 30.3 Å². The number of pyridine rings is 1. The highest BCUT2D eigenvalue weighted by atomic mass is 35.5. The Morgan fingerprint density at radius 3 is 2.57 bits per heavy atom. The van der Waals surface area contributed by atoms with E-state index in [-0.39, 0.29) is 0 Å². The number of hydrogen-bond donors (Lipinski definition) is 1. The molecule has 3 aromatic rings. The number of rotatable bonds is 11. The molecule has 0 unspecified atom stereocenters. The summed E-state index contributed by atoms with van der Waals surface area (Å²) in [4.78, 5) is 4.14. The third kappa shape index (κ3) is 6.65. The van der Waals surface area contributed by atoms with Crippen LogP contribution in [-0.4, -0.2) is 25.2 Å². The Kier molecular flexibility index (Phi) is 8.36. The van der Waals surface area contributed by atoms with Crippen molar-refractivity contribution in [1.29, 1.82) is 0 Å². The maximum atomic E-state index is 6.47. The molecule has 0 aliphatic carbocycles. The zero-order chi connectivity index (χ0) is 21.2. The first-order valence-electron chi connectivity index (χ1n) is 9.95. The summed E-state index contributed by atoms with van der Waals surface area (Å²) in [6.07, 6.45) is 2.58. The summed E-state index contributed by atoms with van der Waals surface area (Å²) in [5.74, 6) is 1.95. The van der Waals surface area contributed by atoms with Crippen molar-refractivity contribution in [3.05, 3.63) is 82.5 Å². The van der Waals surface area contributed by atoms with Crippen LogP contribution >= 0.6 is 11.6 Å². The Bertz CT molecular complexity index is 918. The number of methoxy groups -OCH3 is 1. The molecule has 0 radical (unpaired) electrons. The third-order valence-corrected chi connectivity index (χ3v) is 4.90. The lowest BCUT2D eigenvalue weighted by molar-refractivity contribution is 0.284. The van der Waals surface area contributed by atoms with Crippen molar-refractivity contribution in [2.45, 2.75) is 26.5 Å². The van der Waals surface area contributed by atoms with Gasteiger partial charge >= 0.3 is 0 Å². The minimum atomic E-state index is 0.459. The van der Waals surface area contributed by atoms with E-state index < -0.39 is 0 Å². The fraction of sp³-hybridized carbons (Fsp3) is 0.292. The van der Waals surface area contributed by atoms with Gasteiger partial charge in [-0.25, -0.2) is 4.98 Å². The van der Waals surface area contributed by atoms with Crippen molar-refractivity contribution in [2.75, 3.05) is 20.3 Å². The molecule has 0 bridgehead atoms. The van der Waals surface area contributed by atoms with Crippen molar-refractivity contribution in [3.63, 3.8) is 0 Å². The first kappa shape index (κ1) is 21.9. The van der Waals surface area contributed by atoms with Crippen molar-refractivity contribution >= 4 is 11.6 Å². The van der Waals surface area contributed by atoms with E-state index in [9.17, 15) is 0 Å². The quantitative estimate of drug-likeness (QED) is 0.427. The van der Waals surface area contributed by atoms with Crippen molar-refractivity contribution < 1.29 is 14.2 Å². The molecule has 0 amide bonds. The molecule has 1 aromatic heterocycles. The van der Waals surface area contributed by atoms with E-state index >= 15 is 0 Å². The summed E-state index contributed by atoms with van der Waals surface area (Å²) >= 11 is 6.47. The van der Waals surface area contributed by atoms with E-state index in [2.05, 4.69) is 41.5 Å². The van der Waals surface area contributed by atoms with Crippen LogP contribution < -0.4 is 19.5 Å². The smallest absolute Gasteiger partial charge is 0.213 e. The molecule has 1 N–H and O–H groups in total. The lowest BCUT2D eigenvalue weighted by atomic mass is 10.1. The van der Waals surface area contributed by atoms with Gasteiger partial charge in [0.05, 0.1) is 13.7 Å². The van der Waals surface area contributed by atoms with Gasteiger partial charge in [0, 0.05) is 29.9 Å². The Balaban J connectivity index is 1.47. The van der Waals surface area contributed by atoms with Crippen molar-refractivity contribution in [1.82, 2.24) is 10.3 Å². The Morgan fingerprint density at radius 1 is 1.00 bits per heavy atom. The first-order chi connectivity index (χ1) is 14.7. The van der Waals surface area contributed by atoms with Crippen LogP contribution in [0.3, 0.4) is 0 Å². The number of halogens is 1. The molecule has 2 aromatic carbocycles. The minimum absolute atomic E-state index is 0.459. The highest BCUT2D eigenvalue weighted by molar-refractivity contribution is 6.31. The lowest BCUT2D eigenvalue weighted by Crippen LogP contribution is -2.17. The number of nitrogens with one attached hydrogen (secondary N) is 1. The molecule has 3 rings (SSSR count). The molecule has 1 heterocycles. The van der Waals surface area contributed by atoms with E-state index in [1.165, 1.54) is 5.56 Å². The van der Waals surface area contributed by atoms with Crippen LogP contribution in [0.5, 0.6) is 17.4 Å². The Hall–Kier alpha value is -2.76. The standard InChI is InChI=1S/C24H27ClN2O3/c1-18-7-9-19(10-8-18)17-30-23-15-21(25)20(14-22(23)28-2)16-26-11-5-13-29-24-6-3-4-12-27-24/h3-4,6-10,12,14-15,26H,5,11,13,16-17H2,1-2H3. The largest absolute Gasteiger partial charge is 0.493 e. The predicted molar refractivity (Wildman–Crippen MR) is 120 cm³/mol. The van der Waals surface area contributed by atoms with Crippen LogP contribution in [0.15, 0.2) is 60.8 Å². The van der Waals surface area contributed by atoms with Gasteiger partial charge in [0.1, 0.15) is 6.61 Å². The second-order valence-electron chi connectivity index (χ2n) is 6.92. The van der Waals surface area contributed by atoms with Crippen molar-refractivity contribution in [3.8, 4) is 17.4 Å². The number of aromatic nitrogens is 1. The molecule has 0 atom stereocenters. The third-order valence-electron chi connectivity index (χ3n) is 4.55. The van der Waals surface area contributed by atoms with Gasteiger partial charge in [0.2, 0.25) is 5.88 Å². The number of nitrogens with zero attached hydrogens (tertiary/aromatic N) is 1. The maximum Gasteiger partial charge on any atom is 0.213 e. The molecule has 0 saturated carbocycles. The average Bonchev–Trinajstić information content (AvgIpc) is 2.77. The van der Waals surface area contributed by atoms with Gasteiger partial charge in [-0.05, 0) is 43.1 Å². The summed E-state index contributed by atoms with van der Waals surface area (Å²) < 4.78 is 17.0. The number of aryl methyl sites for hydroxylation is 1. The van der Waals surface area contributed by atoms with Crippen LogP contribution in [0, 0.1) is 6.92 Å². The van der Waals surface area contributed by atoms with E-state index in [1.54, 1.807) is 13.3 Å². The van der Waals surface area contributed by atoms with Gasteiger partial charge in [-0.3, -0.25) is 0 Å². The van der Waals surface area contributed by atoms with E-state index in [0.29, 0.717) is 42.2 Å². The maximum absolute atomic E-state index is 6.47. The van der Waals surface area contributed by atoms with E-state index in [4.69, 9.17) is 25.8 Å². The number of ether oxygens (including phenoxy) is 3. The Labute approximate surface area is 183 Å². The zero-order valence-corrected chi connectivity index (χ0v) is 18.1. The van der Waals surface area contributed by atoms with Crippen LogP contribution in [0.2, 0.25) is 5.02 Å². The molecule has 158 valence electrons. The highest BCUT2D eigenvalue weighted by Crippen LogP contribution is 2.34. The molecule has 6 heteroatoms. The minimum Gasteiger partial charge on any atom is -0.493 e. The molecule has 30 heavy (non-hydrogen) atoms. The summed E-state index contributed by atoms with van der Waals surface area (Å²) in [6, 6.07) is 17.6. The lowest BCUT2D eigenvalue weighted by Gasteiger charge is -2.14. The van der Waals surface area contributed by atoms with Gasteiger partial charge in [0.15, 0.2) is 11.5 Å². The monoisotopic (exact) mass is 426 g/mol. The number of hydrogen-bond acceptors (Lipinski definition) is 5.